The van der Waals surface area contributed by atoms with Crippen LogP contribution >= 0.6 is 0 Å². The first kappa shape index (κ1) is 13.2. The van der Waals surface area contributed by atoms with Crippen molar-refractivity contribution in [3.8, 4) is 0 Å². The van der Waals surface area contributed by atoms with Gasteiger partial charge in [-0.2, -0.15) is 5.10 Å². The smallest absolute Gasteiger partial charge is 0.272 e. The van der Waals surface area contributed by atoms with E-state index in [4.69, 9.17) is 0 Å². The van der Waals surface area contributed by atoms with Crippen LogP contribution in [0.5, 0.6) is 0 Å². The fourth-order valence-corrected chi connectivity index (χ4v) is 1.79. The number of nitrogens with zero attached hydrogens (tertiary/aromatic N) is 4. The molecule has 0 saturated heterocycles. The molecule has 100 valence electrons. The highest BCUT2D eigenvalue weighted by Gasteiger charge is 2.11. The van der Waals surface area contributed by atoms with Crippen molar-refractivity contribution in [2.75, 3.05) is 6.54 Å². The van der Waals surface area contributed by atoms with Crippen LogP contribution in [-0.2, 0) is 20.0 Å². The zero-order chi connectivity index (χ0) is 13.7. The van der Waals surface area contributed by atoms with E-state index in [0.29, 0.717) is 25.3 Å². The first-order chi connectivity index (χ1) is 9.16. The molecule has 7 heteroatoms. The lowest BCUT2D eigenvalue weighted by Gasteiger charge is -2.03. The molecule has 1 N–H and O–H groups in total. The number of aromatic nitrogens is 3. The van der Waals surface area contributed by atoms with Crippen LogP contribution in [0, 0.1) is 10.1 Å². The van der Waals surface area contributed by atoms with E-state index in [2.05, 4.69) is 15.4 Å². The third-order valence-electron chi connectivity index (χ3n) is 2.69. The largest absolute Gasteiger partial charge is 0.309 e. The Labute approximate surface area is 110 Å². The van der Waals surface area contributed by atoms with Gasteiger partial charge in [0.1, 0.15) is 6.33 Å². The van der Waals surface area contributed by atoms with Crippen LogP contribution in [-0.4, -0.2) is 26.2 Å². The number of nitro groups is 1. The zero-order valence-corrected chi connectivity index (χ0v) is 10.6. The summed E-state index contributed by atoms with van der Waals surface area (Å²) in [6.45, 7) is 1.20. The summed E-state index contributed by atoms with van der Waals surface area (Å²) in [5, 5.41) is 18.1. The van der Waals surface area contributed by atoms with Gasteiger partial charge in [-0.3, -0.25) is 14.8 Å². The van der Waals surface area contributed by atoms with Gasteiger partial charge >= 0.3 is 0 Å². The van der Waals surface area contributed by atoms with Gasteiger partial charge in [-0.05, 0) is 13.0 Å². The number of aryl methyl sites for hydroxylation is 1. The average Bonchev–Trinajstić information content (AvgIpc) is 2.81. The summed E-state index contributed by atoms with van der Waals surface area (Å²) in [6.07, 6.45) is 2.24. The highest BCUT2D eigenvalue weighted by Crippen LogP contribution is 2.17. The van der Waals surface area contributed by atoms with Crippen molar-refractivity contribution in [2.45, 2.75) is 13.0 Å². The summed E-state index contributed by atoms with van der Waals surface area (Å²) < 4.78 is 1.64. The van der Waals surface area contributed by atoms with Gasteiger partial charge in [0.2, 0.25) is 0 Å². The second-order valence-electron chi connectivity index (χ2n) is 4.15. The maximum Gasteiger partial charge on any atom is 0.272 e. The van der Waals surface area contributed by atoms with Gasteiger partial charge in [-0.1, -0.05) is 18.2 Å². The molecule has 1 aromatic carbocycles. The second kappa shape index (κ2) is 6.05. The first-order valence-electron chi connectivity index (χ1n) is 5.94. The van der Waals surface area contributed by atoms with Crippen LogP contribution in [0.3, 0.4) is 0 Å². The summed E-state index contributed by atoms with van der Waals surface area (Å²) in [7, 11) is 1.81. The lowest BCUT2D eigenvalue weighted by molar-refractivity contribution is -0.385. The third-order valence-corrected chi connectivity index (χ3v) is 2.69. The molecule has 2 aromatic rings. The van der Waals surface area contributed by atoms with Gasteiger partial charge in [0, 0.05) is 18.7 Å². The number of hydrogen-bond donors (Lipinski definition) is 1. The van der Waals surface area contributed by atoms with Crippen molar-refractivity contribution in [3.05, 3.63) is 52.1 Å². The van der Waals surface area contributed by atoms with Gasteiger partial charge in [0.05, 0.1) is 11.5 Å². The number of nitrogens with one attached hydrogen (secondary N) is 1. The summed E-state index contributed by atoms with van der Waals surface area (Å²) in [5.74, 6) is 0.713. The minimum absolute atomic E-state index is 0.167. The maximum absolute atomic E-state index is 10.8. The van der Waals surface area contributed by atoms with Crippen molar-refractivity contribution < 1.29 is 4.92 Å². The second-order valence-corrected chi connectivity index (χ2v) is 4.15. The van der Waals surface area contributed by atoms with Gasteiger partial charge < -0.3 is 5.32 Å². The minimum atomic E-state index is -0.352. The SMILES string of the molecule is Cn1cnc(CNCCc2ccccc2[N+](=O)[O-])n1. The van der Waals surface area contributed by atoms with Gasteiger partial charge in [0.15, 0.2) is 5.82 Å². The van der Waals surface area contributed by atoms with Crippen molar-refractivity contribution in [2.24, 2.45) is 7.05 Å². The number of para-hydroxylation sites is 1. The molecule has 1 aromatic heterocycles. The third kappa shape index (κ3) is 3.59. The lowest BCUT2D eigenvalue weighted by Crippen LogP contribution is -2.18. The summed E-state index contributed by atoms with van der Waals surface area (Å²) in [5.41, 5.74) is 0.897. The van der Waals surface area contributed by atoms with E-state index in [1.165, 1.54) is 6.07 Å². The van der Waals surface area contributed by atoms with Crippen LogP contribution in [0.1, 0.15) is 11.4 Å². The fraction of sp³-hybridized carbons (Fsp3) is 0.333. The predicted molar refractivity (Wildman–Crippen MR) is 69.5 cm³/mol. The number of benzene rings is 1. The van der Waals surface area contributed by atoms with Crippen LogP contribution in [0.4, 0.5) is 5.69 Å². The fourth-order valence-electron chi connectivity index (χ4n) is 1.79. The Morgan fingerprint density at radius 2 is 2.21 bits per heavy atom. The van der Waals surface area contributed by atoms with E-state index in [1.54, 1.807) is 23.1 Å². The molecule has 7 nitrogen and oxygen atoms in total. The van der Waals surface area contributed by atoms with Crippen LogP contribution in [0.25, 0.3) is 0 Å². The van der Waals surface area contributed by atoms with Crippen molar-refractivity contribution in [1.29, 1.82) is 0 Å². The number of nitro benzene ring substituents is 1. The Balaban J connectivity index is 1.84. The Morgan fingerprint density at radius 1 is 1.42 bits per heavy atom. The molecule has 0 bridgehead atoms. The minimum Gasteiger partial charge on any atom is -0.309 e. The molecule has 0 amide bonds. The monoisotopic (exact) mass is 261 g/mol. The molecule has 0 radical (unpaired) electrons. The zero-order valence-electron chi connectivity index (χ0n) is 10.6. The number of hydrogen-bond acceptors (Lipinski definition) is 5. The van der Waals surface area contributed by atoms with E-state index in [1.807, 2.05) is 13.1 Å². The van der Waals surface area contributed by atoms with Crippen LogP contribution in [0.2, 0.25) is 0 Å². The Kier molecular flexibility index (Phi) is 4.19. The summed E-state index contributed by atoms with van der Waals surface area (Å²) in [6, 6.07) is 6.78. The molecule has 0 atom stereocenters. The van der Waals surface area contributed by atoms with Crippen LogP contribution in [0.15, 0.2) is 30.6 Å². The Morgan fingerprint density at radius 3 is 2.89 bits per heavy atom. The van der Waals surface area contributed by atoms with Gasteiger partial charge in [-0.25, -0.2) is 4.98 Å². The van der Waals surface area contributed by atoms with Gasteiger partial charge in [-0.15, -0.1) is 0 Å². The molecule has 0 spiro atoms. The number of rotatable bonds is 6. The topological polar surface area (TPSA) is 85.9 Å². The van der Waals surface area contributed by atoms with E-state index in [-0.39, 0.29) is 10.6 Å². The molecule has 0 aliphatic rings. The van der Waals surface area contributed by atoms with Crippen molar-refractivity contribution in [3.63, 3.8) is 0 Å². The lowest BCUT2D eigenvalue weighted by atomic mass is 10.1. The van der Waals surface area contributed by atoms with Crippen molar-refractivity contribution >= 4 is 5.69 Å². The standard InChI is InChI=1S/C12H15N5O2/c1-16-9-14-12(15-16)8-13-7-6-10-4-2-3-5-11(10)17(18)19/h2-5,9,13H,6-8H2,1H3. The molecular formula is C12H15N5O2. The molecule has 0 fully saturated rings. The summed E-state index contributed by atoms with van der Waals surface area (Å²) in [4.78, 5) is 14.6. The Hall–Kier alpha value is -2.28. The molecule has 0 unspecified atom stereocenters. The summed E-state index contributed by atoms with van der Waals surface area (Å²) >= 11 is 0. The highest BCUT2D eigenvalue weighted by molar-refractivity contribution is 5.39. The normalized spacial score (nSPS) is 10.6. The maximum atomic E-state index is 10.8. The molecule has 19 heavy (non-hydrogen) atoms. The van der Waals surface area contributed by atoms with E-state index in [0.717, 1.165) is 5.56 Å². The molecular weight excluding hydrogens is 246 g/mol. The molecule has 2 rings (SSSR count). The average molecular weight is 261 g/mol. The van der Waals surface area contributed by atoms with Crippen molar-refractivity contribution in [1.82, 2.24) is 20.1 Å². The molecule has 0 aliphatic heterocycles. The van der Waals surface area contributed by atoms with E-state index in [9.17, 15) is 10.1 Å². The first-order valence-corrected chi connectivity index (χ1v) is 5.94. The quantitative estimate of drug-likeness (QED) is 0.477. The molecule has 0 saturated carbocycles. The Bertz CT molecular complexity index is 567. The van der Waals surface area contributed by atoms with Crippen LogP contribution < -0.4 is 5.32 Å². The van der Waals surface area contributed by atoms with Gasteiger partial charge in [0.25, 0.3) is 5.69 Å². The molecule has 1 heterocycles. The van der Waals surface area contributed by atoms with E-state index >= 15 is 0 Å². The highest BCUT2D eigenvalue weighted by atomic mass is 16.6. The predicted octanol–water partition coefficient (Wildman–Crippen LogP) is 1.06. The molecule has 0 aliphatic carbocycles. The van der Waals surface area contributed by atoms with E-state index < -0.39 is 0 Å².